The minimum absolute atomic E-state index is 0.144. The number of hydrogen-bond donors (Lipinski definition) is 1. The molecule has 2 aliphatic rings. The number of nitrogens with zero attached hydrogens (tertiary/aromatic N) is 3. The van der Waals surface area contributed by atoms with Crippen LogP contribution in [0.15, 0.2) is 18.2 Å². The molecule has 1 aromatic carbocycles. The molecule has 0 atom stereocenters. The SMILES string of the molecule is C[N+]1=C2N(CCCc3cccc(C=O)c3O)CCCN2CCC1. The summed E-state index contributed by atoms with van der Waals surface area (Å²) in [4.78, 5) is 15.9. The van der Waals surface area contributed by atoms with E-state index >= 15 is 0 Å². The number of guanidine groups is 1. The maximum Gasteiger partial charge on any atom is 0.350 e. The lowest BCUT2D eigenvalue weighted by Crippen LogP contribution is -2.57. The maximum atomic E-state index is 10.9. The van der Waals surface area contributed by atoms with Crippen LogP contribution in [0.2, 0.25) is 0 Å². The largest absolute Gasteiger partial charge is 0.507 e. The Morgan fingerprint density at radius 3 is 2.91 bits per heavy atom. The molecule has 0 aromatic heterocycles. The Morgan fingerprint density at radius 1 is 1.26 bits per heavy atom. The summed E-state index contributed by atoms with van der Waals surface area (Å²) in [6.07, 6.45) is 4.93. The fourth-order valence-electron chi connectivity index (χ4n) is 3.73. The third kappa shape index (κ3) is 3.33. The van der Waals surface area contributed by atoms with Crippen molar-refractivity contribution in [3.05, 3.63) is 29.3 Å². The van der Waals surface area contributed by atoms with Crippen molar-refractivity contribution in [1.29, 1.82) is 0 Å². The minimum atomic E-state index is 0.144. The highest BCUT2D eigenvalue weighted by atomic mass is 16.3. The molecule has 0 aliphatic carbocycles. The van der Waals surface area contributed by atoms with Gasteiger partial charge in [-0.2, -0.15) is 0 Å². The normalized spacial score (nSPS) is 18.1. The third-order valence-corrected chi connectivity index (χ3v) is 4.84. The van der Waals surface area contributed by atoms with Gasteiger partial charge in [0.05, 0.1) is 45.3 Å². The van der Waals surface area contributed by atoms with Gasteiger partial charge in [-0.1, -0.05) is 12.1 Å². The minimum Gasteiger partial charge on any atom is -0.507 e. The van der Waals surface area contributed by atoms with Gasteiger partial charge in [0.25, 0.3) is 0 Å². The Kier molecular flexibility index (Phi) is 4.84. The molecule has 1 fully saturated rings. The fraction of sp³-hybridized carbons (Fsp3) is 0.556. The Balaban J connectivity index is 1.63. The van der Waals surface area contributed by atoms with Gasteiger partial charge in [-0.05, 0) is 24.5 Å². The first-order chi connectivity index (χ1) is 11.2. The van der Waals surface area contributed by atoms with Crippen LogP contribution in [0.25, 0.3) is 0 Å². The van der Waals surface area contributed by atoms with E-state index in [9.17, 15) is 9.90 Å². The zero-order valence-corrected chi connectivity index (χ0v) is 13.9. The van der Waals surface area contributed by atoms with Gasteiger partial charge in [-0.3, -0.25) is 19.2 Å². The first-order valence-electron chi connectivity index (χ1n) is 8.54. The molecule has 0 amide bonds. The van der Waals surface area contributed by atoms with Gasteiger partial charge in [-0.15, -0.1) is 0 Å². The standard InChI is InChI=1S/C18H25N3O2/c1-19-9-4-11-21-13-5-12-20(18(19)21)10-3-8-15-6-2-7-16(14-22)17(15)23/h2,6-7,14H,3-5,8-13H2,1H3/p+1. The van der Waals surface area contributed by atoms with Crippen LogP contribution in [-0.4, -0.2) is 71.5 Å². The van der Waals surface area contributed by atoms with E-state index < -0.39 is 0 Å². The van der Waals surface area contributed by atoms with Crippen LogP contribution in [0.3, 0.4) is 0 Å². The maximum absolute atomic E-state index is 10.9. The van der Waals surface area contributed by atoms with Crippen LogP contribution in [0.4, 0.5) is 0 Å². The number of para-hydroxylation sites is 1. The molecule has 1 saturated heterocycles. The van der Waals surface area contributed by atoms with Crippen LogP contribution in [0.5, 0.6) is 5.75 Å². The van der Waals surface area contributed by atoms with Gasteiger partial charge in [-0.25, -0.2) is 0 Å². The number of benzene rings is 1. The topological polar surface area (TPSA) is 46.8 Å². The molecule has 0 saturated carbocycles. The Bertz CT molecular complexity index is 612. The second-order valence-electron chi connectivity index (χ2n) is 6.48. The number of hydrogen-bond acceptors (Lipinski definition) is 4. The predicted molar refractivity (Wildman–Crippen MR) is 90.3 cm³/mol. The monoisotopic (exact) mass is 316 g/mol. The summed E-state index contributed by atoms with van der Waals surface area (Å²) in [6, 6.07) is 5.40. The molecule has 3 rings (SSSR count). The van der Waals surface area contributed by atoms with Gasteiger partial charge >= 0.3 is 5.96 Å². The van der Waals surface area contributed by atoms with Crippen molar-refractivity contribution in [2.45, 2.75) is 25.7 Å². The van der Waals surface area contributed by atoms with Crippen molar-refractivity contribution in [3.8, 4) is 5.75 Å². The van der Waals surface area contributed by atoms with E-state index in [1.807, 2.05) is 12.1 Å². The molecule has 0 bridgehead atoms. The summed E-state index contributed by atoms with van der Waals surface area (Å²) in [5.74, 6) is 1.51. The summed E-state index contributed by atoms with van der Waals surface area (Å²) < 4.78 is 2.37. The first kappa shape index (κ1) is 15.8. The second kappa shape index (κ2) is 7.02. The summed E-state index contributed by atoms with van der Waals surface area (Å²) in [5, 5.41) is 10.1. The molecule has 5 nitrogen and oxygen atoms in total. The number of carbonyl (C=O) groups is 1. The smallest absolute Gasteiger partial charge is 0.350 e. The van der Waals surface area contributed by atoms with Crippen LogP contribution in [-0.2, 0) is 6.42 Å². The predicted octanol–water partition coefficient (Wildman–Crippen LogP) is 1.55. The number of aromatic hydroxyl groups is 1. The number of carbonyl (C=O) groups excluding carboxylic acids is 1. The van der Waals surface area contributed by atoms with Gasteiger partial charge in [0.1, 0.15) is 5.75 Å². The van der Waals surface area contributed by atoms with E-state index in [2.05, 4.69) is 21.4 Å². The lowest BCUT2D eigenvalue weighted by Gasteiger charge is -2.36. The summed E-state index contributed by atoms with van der Waals surface area (Å²) >= 11 is 0. The lowest BCUT2D eigenvalue weighted by molar-refractivity contribution is -0.515. The third-order valence-electron chi connectivity index (χ3n) is 4.84. The van der Waals surface area contributed by atoms with E-state index in [1.54, 1.807) is 6.07 Å². The van der Waals surface area contributed by atoms with Crippen molar-refractivity contribution in [3.63, 3.8) is 0 Å². The molecule has 5 heteroatoms. The molecule has 1 N–H and O–H groups in total. The van der Waals surface area contributed by atoms with Crippen molar-refractivity contribution >= 4 is 12.2 Å². The molecule has 0 unspecified atom stereocenters. The Hall–Kier alpha value is -2.04. The van der Waals surface area contributed by atoms with E-state index in [1.165, 1.54) is 31.9 Å². The molecule has 23 heavy (non-hydrogen) atoms. The van der Waals surface area contributed by atoms with Crippen LogP contribution in [0, 0.1) is 0 Å². The highest BCUT2D eigenvalue weighted by Crippen LogP contribution is 2.22. The van der Waals surface area contributed by atoms with Gasteiger partial charge < -0.3 is 5.11 Å². The first-order valence-corrected chi connectivity index (χ1v) is 8.54. The number of rotatable bonds is 5. The fourth-order valence-corrected chi connectivity index (χ4v) is 3.73. The van der Waals surface area contributed by atoms with Crippen molar-refractivity contribution < 1.29 is 14.5 Å². The Labute approximate surface area is 137 Å². The number of aryl methyl sites for hydroxylation is 1. The highest BCUT2D eigenvalue weighted by molar-refractivity contribution is 5.80. The van der Waals surface area contributed by atoms with E-state index in [-0.39, 0.29) is 5.75 Å². The molecule has 124 valence electrons. The number of fused-ring (bicyclic) bond motifs is 1. The molecule has 2 aliphatic heterocycles. The Morgan fingerprint density at radius 2 is 2.09 bits per heavy atom. The van der Waals surface area contributed by atoms with Gasteiger partial charge in [0, 0.05) is 12.8 Å². The lowest BCUT2D eigenvalue weighted by atomic mass is 10.0. The number of phenols is 1. The summed E-state index contributed by atoms with van der Waals surface area (Å²) in [7, 11) is 2.18. The average Bonchev–Trinajstić information content (AvgIpc) is 2.57. The van der Waals surface area contributed by atoms with E-state index in [4.69, 9.17) is 0 Å². The van der Waals surface area contributed by atoms with Gasteiger partial charge in [0.2, 0.25) is 0 Å². The number of phenolic OH excluding ortho intramolecular Hbond substituents is 1. The highest BCUT2D eigenvalue weighted by Gasteiger charge is 2.34. The zero-order valence-electron chi connectivity index (χ0n) is 13.9. The van der Waals surface area contributed by atoms with Crippen LogP contribution < -0.4 is 0 Å². The second-order valence-corrected chi connectivity index (χ2v) is 6.48. The van der Waals surface area contributed by atoms with Crippen molar-refractivity contribution in [1.82, 2.24) is 9.80 Å². The van der Waals surface area contributed by atoms with Crippen LogP contribution >= 0.6 is 0 Å². The quantitative estimate of drug-likeness (QED) is 0.661. The molecular weight excluding hydrogens is 290 g/mol. The van der Waals surface area contributed by atoms with Crippen LogP contribution in [0.1, 0.15) is 35.2 Å². The van der Waals surface area contributed by atoms with Gasteiger partial charge in [0.15, 0.2) is 6.29 Å². The summed E-state index contributed by atoms with van der Waals surface area (Å²) in [5.41, 5.74) is 1.25. The summed E-state index contributed by atoms with van der Waals surface area (Å²) in [6.45, 7) is 5.55. The number of aldehydes is 1. The van der Waals surface area contributed by atoms with E-state index in [0.29, 0.717) is 11.8 Å². The molecule has 2 heterocycles. The van der Waals surface area contributed by atoms with Crippen molar-refractivity contribution in [2.75, 3.05) is 39.8 Å². The average molecular weight is 316 g/mol. The molecule has 0 spiro atoms. The molecule has 0 radical (unpaired) electrons. The van der Waals surface area contributed by atoms with Crippen molar-refractivity contribution in [2.24, 2.45) is 0 Å². The zero-order chi connectivity index (χ0) is 16.2. The van der Waals surface area contributed by atoms with E-state index in [0.717, 1.165) is 38.0 Å². The molecule has 1 aromatic rings. The molecular formula is C18H26N3O2+.